The van der Waals surface area contributed by atoms with E-state index in [1.54, 1.807) is 13.0 Å². The van der Waals surface area contributed by atoms with Gasteiger partial charge >= 0.3 is 0 Å². The van der Waals surface area contributed by atoms with E-state index in [2.05, 4.69) is 30.6 Å². The smallest absolute Gasteiger partial charge is 0.123 e. The van der Waals surface area contributed by atoms with Crippen molar-refractivity contribution in [2.75, 3.05) is 37.6 Å². The molecule has 0 spiro atoms. The van der Waals surface area contributed by atoms with Crippen LogP contribution in [0.4, 0.5) is 10.1 Å². The molecule has 0 saturated carbocycles. The summed E-state index contributed by atoms with van der Waals surface area (Å²) in [5.41, 5.74) is 1.60. The minimum Gasteiger partial charge on any atom is -0.389 e. The summed E-state index contributed by atoms with van der Waals surface area (Å²) in [7, 11) is 0. The fourth-order valence-corrected chi connectivity index (χ4v) is 2.62. The van der Waals surface area contributed by atoms with Gasteiger partial charge in [-0.2, -0.15) is 0 Å². The first-order valence-electron chi connectivity index (χ1n) is 7.98. The monoisotopic (exact) mass is 296 g/mol. The van der Waals surface area contributed by atoms with Crippen LogP contribution in [0.2, 0.25) is 0 Å². The third kappa shape index (κ3) is 5.29. The van der Waals surface area contributed by atoms with Gasteiger partial charge in [-0.05, 0) is 58.1 Å². The fourth-order valence-electron chi connectivity index (χ4n) is 2.62. The van der Waals surface area contributed by atoms with E-state index >= 15 is 0 Å². The van der Waals surface area contributed by atoms with Crippen LogP contribution in [-0.4, -0.2) is 42.7 Å². The van der Waals surface area contributed by atoms with Gasteiger partial charge in [-0.3, -0.25) is 0 Å². The van der Waals surface area contributed by atoms with Gasteiger partial charge in [-0.25, -0.2) is 4.39 Å². The average molecular weight is 296 g/mol. The molecular weight excluding hydrogens is 267 g/mol. The van der Waals surface area contributed by atoms with Crippen LogP contribution < -0.4 is 4.90 Å². The normalized spacial score (nSPS) is 12.7. The Morgan fingerprint density at radius 2 is 1.76 bits per heavy atom. The van der Waals surface area contributed by atoms with Gasteiger partial charge in [-0.1, -0.05) is 13.8 Å². The zero-order valence-corrected chi connectivity index (χ0v) is 13.8. The van der Waals surface area contributed by atoms with Gasteiger partial charge in [0.15, 0.2) is 0 Å². The molecule has 120 valence electrons. The number of halogens is 1. The molecule has 1 atom stereocenters. The third-order valence-corrected chi connectivity index (χ3v) is 3.96. The van der Waals surface area contributed by atoms with E-state index in [1.807, 2.05) is 0 Å². The molecule has 1 N–H and O–H groups in total. The molecule has 0 saturated heterocycles. The van der Waals surface area contributed by atoms with Crippen LogP contribution in [0.5, 0.6) is 0 Å². The second-order valence-electron chi connectivity index (χ2n) is 5.34. The molecule has 0 aliphatic rings. The van der Waals surface area contributed by atoms with Gasteiger partial charge in [-0.15, -0.1) is 0 Å². The molecule has 3 nitrogen and oxygen atoms in total. The summed E-state index contributed by atoms with van der Waals surface area (Å²) in [5.74, 6) is -0.297. The topological polar surface area (TPSA) is 26.7 Å². The molecule has 0 fully saturated rings. The summed E-state index contributed by atoms with van der Waals surface area (Å²) < 4.78 is 13.4. The highest BCUT2D eigenvalue weighted by Gasteiger charge is 2.14. The lowest BCUT2D eigenvalue weighted by Crippen LogP contribution is -2.30. The van der Waals surface area contributed by atoms with Gasteiger partial charge in [0, 0.05) is 24.3 Å². The molecule has 0 heterocycles. The maximum absolute atomic E-state index is 13.4. The number of hydrogen-bond acceptors (Lipinski definition) is 3. The fraction of sp³-hybridized carbons (Fsp3) is 0.647. The average Bonchev–Trinajstić information content (AvgIpc) is 2.48. The van der Waals surface area contributed by atoms with Crippen molar-refractivity contribution in [3.05, 3.63) is 29.6 Å². The standard InChI is InChI=1S/C17H29FN2O/c1-5-19(6-2)11-8-12-20(7-3)17-10-9-15(18)13-16(17)14(4)21/h9-10,13-14,21H,5-8,11-12H2,1-4H3. The second-order valence-corrected chi connectivity index (χ2v) is 5.34. The Labute approximate surface area is 128 Å². The highest BCUT2D eigenvalue weighted by atomic mass is 19.1. The highest BCUT2D eigenvalue weighted by molar-refractivity contribution is 5.54. The zero-order valence-electron chi connectivity index (χ0n) is 13.8. The van der Waals surface area contributed by atoms with Gasteiger partial charge in [0.1, 0.15) is 5.82 Å². The van der Waals surface area contributed by atoms with Gasteiger partial charge in [0.2, 0.25) is 0 Å². The van der Waals surface area contributed by atoms with Crippen LogP contribution in [0, 0.1) is 5.82 Å². The molecule has 1 unspecified atom stereocenters. The predicted octanol–water partition coefficient (Wildman–Crippen LogP) is 3.44. The number of rotatable bonds is 9. The molecule has 0 aromatic heterocycles. The number of benzene rings is 1. The lowest BCUT2D eigenvalue weighted by molar-refractivity contribution is 0.199. The highest BCUT2D eigenvalue weighted by Crippen LogP contribution is 2.27. The van der Waals surface area contributed by atoms with E-state index in [4.69, 9.17) is 0 Å². The van der Waals surface area contributed by atoms with Crippen molar-refractivity contribution in [2.24, 2.45) is 0 Å². The number of aliphatic hydroxyl groups is 1. The van der Waals surface area contributed by atoms with Crippen LogP contribution in [0.25, 0.3) is 0 Å². The van der Waals surface area contributed by atoms with Crippen LogP contribution in [0.1, 0.15) is 45.8 Å². The van der Waals surface area contributed by atoms with E-state index in [0.29, 0.717) is 5.56 Å². The number of nitrogens with zero attached hydrogens (tertiary/aromatic N) is 2. The molecule has 1 rings (SSSR count). The summed E-state index contributed by atoms with van der Waals surface area (Å²) in [4.78, 5) is 4.61. The second kappa shape index (κ2) is 9.00. The molecule has 0 aliphatic carbocycles. The Kier molecular flexibility index (Phi) is 7.68. The quantitative estimate of drug-likeness (QED) is 0.756. The number of anilines is 1. The van der Waals surface area contributed by atoms with E-state index in [-0.39, 0.29) is 5.82 Å². The summed E-state index contributed by atoms with van der Waals surface area (Å²) in [6.07, 6.45) is 0.402. The first-order chi connectivity index (χ1) is 10.0. The molecule has 1 aromatic carbocycles. The molecule has 0 aliphatic heterocycles. The molecule has 0 amide bonds. The number of aliphatic hydroxyl groups excluding tert-OH is 1. The molecule has 0 radical (unpaired) electrons. The Morgan fingerprint density at radius 1 is 1.10 bits per heavy atom. The van der Waals surface area contributed by atoms with Crippen molar-refractivity contribution in [1.82, 2.24) is 4.90 Å². The Hall–Kier alpha value is -1.13. The first-order valence-corrected chi connectivity index (χ1v) is 7.98. The third-order valence-electron chi connectivity index (χ3n) is 3.96. The van der Waals surface area contributed by atoms with Crippen molar-refractivity contribution in [3.8, 4) is 0 Å². The number of hydrogen-bond donors (Lipinski definition) is 1. The van der Waals surface area contributed by atoms with Crippen molar-refractivity contribution in [1.29, 1.82) is 0 Å². The largest absolute Gasteiger partial charge is 0.389 e. The van der Waals surface area contributed by atoms with Crippen molar-refractivity contribution < 1.29 is 9.50 Å². The van der Waals surface area contributed by atoms with Crippen molar-refractivity contribution in [2.45, 2.75) is 40.2 Å². The molecular formula is C17H29FN2O. The lowest BCUT2D eigenvalue weighted by atomic mass is 10.1. The minimum atomic E-state index is -0.660. The summed E-state index contributed by atoms with van der Waals surface area (Å²) in [5, 5.41) is 9.86. The van der Waals surface area contributed by atoms with Gasteiger partial charge < -0.3 is 14.9 Å². The molecule has 21 heavy (non-hydrogen) atoms. The molecule has 1 aromatic rings. The van der Waals surface area contributed by atoms with Crippen molar-refractivity contribution >= 4 is 5.69 Å². The Bertz CT molecular complexity index is 419. The molecule has 0 bridgehead atoms. The predicted molar refractivity (Wildman–Crippen MR) is 87.3 cm³/mol. The SMILES string of the molecule is CCN(CC)CCCN(CC)c1ccc(F)cc1C(C)O. The minimum absolute atomic E-state index is 0.297. The molecule has 4 heteroatoms. The van der Waals surface area contributed by atoms with Crippen LogP contribution in [0.15, 0.2) is 18.2 Å². The Morgan fingerprint density at radius 3 is 2.29 bits per heavy atom. The van der Waals surface area contributed by atoms with Crippen LogP contribution in [-0.2, 0) is 0 Å². The van der Waals surface area contributed by atoms with E-state index in [1.165, 1.54) is 12.1 Å². The summed E-state index contributed by atoms with van der Waals surface area (Å²) in [6, 6.07) is 4.68. The summed E-state index contributed by atoms with van der Waals surface area (Å²) in [6.45, 7) is 13.1. The van der Waals surface area contributed by atoms with Gasteiger partial charge in [0.25, 0.3) is 0 Å². The van der Waals surface area contributed by atoms with E-state index in [0.717, 1.165) is 44.8 Å². The summed E-state index contributed by atoms with van der Waals surface area (Å²) >= 11 is 0. The van der Waals surface area contributed by atoms with E-state index in [9.17, 15) is 9.50 Å². The van der Waals surface area contributed by atoms with Crippen LogP contribution in [0.3, 0.4) is 0 Å². The Balaban J connectivity index is 2.76. The lowest BCUT2D eigenvalue weighted by Gasteiger charge is -2.28. The van der Waals surface area contributed by atoms with E-state index < -0.39 is 6.10 Å². The first kappa shape index (κ1) is 17.9. The van der Waals surface area contributed by atoms with Crippen LogP contribution >= 0.6 is 0 Å². The maximum Gasteiger partial charge on any atom is 0.123 e. The van der Waals surface area contributed by atoms with Gasteiger partial charge in [0.05, 0.1) is 6.10 Å². The zero-order chi connectivity index (χ0) is 15.8. The maximum atomic E-state index is 13.4. The van der Waals surface area contributed by atoms with Crippen molar-refractivity contribution in [3.63, 3.8) is 0 Å².